The van der Waals surface area contributed by atoms with Crippen LogP contribution in [-0.4, -0.2) is 30.0 Å². The molecule has 0 aliphatic carbocycles. The van der Waals surface area contributed by atoms with E-state index < -0.39 is 6.23 Å². The number of hydrogen-bond acceptors (Lipinski definition) is 6. The van der Waals surface area contributed by atoms with Crippen molar-refractivity contribution in [1.82, 2.24) is 5.01 Å². The second-order valence-electron chi connectivity index (χ2n) is 7.69. The van der Waals surface area contributed by atoms with Gasteiger partial charge in [-0.05, 0) is 48.5 Å². The van der Waals surface area contributed by atoms with E-state index in [1.165, 1.54) is 6.07 Å². The molecule has 0 aromatic heterocycles. The van der Waals surface area contributed by atoms with Gasteiger partial charge in [0.05, 0.1) is 36.6 Å². The first-order chi connectivity index (χ1) is 15.9. The van der Waals surface area contributed by atoms with Crippen molar-refractivity contribution in [2.75, 3.05) is 14.2 Å². The fourth-order valence-electron chi connectivity index (χ4n) is 4.23. The van der Waals surface area contributed by atoms with E-state index in [9.17, 15) is 5.11 Å². The number of benzene rings is 3. The Hall–Kier alpha value is -2.61. The molecule has 2 heterocycles. The Kier molecular flexibility index (Phi) is 5.80. The molecule has 0 fully saturated rings. The van der Waals surface area contributed by atoms with Crippen molar-refractivity contribution in [3.63, 3.8) is 0 Å². The van der Waals surface area contributed by atoms with Crippen molar-refractivity contribution in [2.24, 2.45) is 5.10 Å². The minimum atomic E-state index is -0.711. The third-order valence-electron chi connectivity index (χ3n) is 5.79. The molecule has 33 heavy (non-hydrogen) atoms. The number of aromatic hydroxyl groups is 1. The molecule has 0 radical (unpaired) electrons. The molecule has 170 valence electrons. The van der Waals surface area contributed by atoms with E-state index in [0.717, 1.165) is 21.3 Å². The molecule has 2 atom stereocenters. The van der Waals surface area contributed by atoms with Gasteiger partial charge in [0.15, 0.2) is 11.5 Å². The Morgan fingerprint density at radius 3 is 2.58 bits per heavy atom. The Labute approximate surface area is 209 Å². The summed E-state index contributed by atoms with van der Waals surface area (Å²) >= 11 is 16.0. The van der Waals surface area contributed by atoms with E-state index in [2.05, 4.69) is 15.9 Å². The number of hydrogen-bond donors (Lipinski definition) is 1. The molecule has 3 aromatic carbocycles. The highest BCUT2D eigenvalue weighted by Crippen LogP contribution is 2.50. The normalized spacial score (nSPS) is 18.8. The Balaban J connectivity index is 1.63. The average Bonchev–Trinajstić information content (AvgIpc) is 3.26. The maximum atomic E-state index is 10.7. The lowest BCUT2D eigenvalue weighted by atomic mass is 9.95. The molecule has 6 nitrogen and oxygen atoms in total. The lowest BCUT2D eigenvalue weighted by molar-refractivity contribution is -0.0203. The number of hydrazone groups is 1. The molecule has 0 amide bonds. The zero-order chi connectivity index (χ0) is 23.3. The topological polar surface area (TPSA) is 63.5 Å². The zero-order valence-electron chi connectivity index (χ0n) is 17.7. The standard InChI is InChI=1S/C24H19BrCl2N2O4/c1-31-21-5-3-12(7-22(21)32-2)18-11-19-15-8-13(25)4-6-20(15)33-24(29(19)28-18)16-9-14(26)10-17(27)23(16)30/h3-10,19,24,30H,11H2,1-2H3/t19-,24+/m0/s1. The van der Waals surface area contributed by atoms with Gasteiger partial charge in [-0.15, -0.1) is 0 Å². The lowest BCUT2D eigenvalue weighted by Gasteiger charge is -2.38. The minimum Gasteiger partial charge on any atom is -0.506 e. The molecule has 0 spiro atoms. The maximum absolute atomic E-state index is 10.7. The Morgan fingerprint density at radius 1 is 1.03 bits per heavy atom. The van der Waals surface area contributed by atoms with Crippen LogP contribution in [-0.2, 0) is 0 Å². The third-order valence-corrected chi connectivity index (χ3v) is 6.79. The highest BCUT2D eigenvalue weighted by atomic mass is 79.9. The third kappa shape index (κ3) is 3.88. The lowest BCUT2D eigenvalue weighted by Crippen LogP contribution is -2.33. The van der Waals surface area contributed by atoms with Crippen LogP contribution < -0.4 is 14.2 Å². The summed E-state index contributed by atoms with van der Waals surface area (Å²) in [5.74, 6) is 1.90. The molecule has 1 N–H and O–H groups in total. The predicted octanol–water partition coefficient (Wildman–Crippen LogP) is 6.72. The molecule has 0 unspecified atom stereocenters. The van der Waals surface area contributed by atoms with Crippen molar-refractivity contribution in [1.29, 1.82) is 0 Å². The van der Waals surface area contributed by atoms with E-state index >= 15 is 0 Å². The van der Waals surface area contributed by atoms with Crippen LogP contribution in [0.5, 0.6) is 23.0 Å². The fraction of sp³-hybridized carbons (Fsp3) is 0.208. The van der Waals surface area contributed by atoms with Gasteiger partial charge in [0.1, 0.15) is 11.5 Å². The monoisotopic (exact) mass is 548 g/mol. The van der Waals surface area contributed by atoms with Crippen molar-refractivity contribution in [3.05, 3.63) is 79.7 Å². The Bertz CT molecular complexity index is 1280. The van der Waals surface area contributed by atoms with E-state index in [1.54, 1.807) is 20.3 Å². The fourth-order valence-corrected chi connectivity index (χ4v) is 5.12. The summed E-state index contributed by atoms with van der Waals surface area (Å²) in [6.07, 6.45) is -0.0778. The molecule has 3 aromatic rings. The van der Waals surface area contributed by atoms with Gasteiger partial charge in [-0.1, -0.05) is 39.1 Å². The van der Waals surface area contributed by atoms with E-state index in [0.29, 0.717) is 34.3 Å². The average molecular weight is 550 g/mol. The number of phenols is 1. The van der Waals surface area contributed by atoms with Crippen LogP contribution >= 0.6 is 39.1 Å². The molecule has 5 rings (SSSR count). The van der Waals surface area contributed by atoms with Gasteiger partial charge >= 0.3 is 0 Å². The second kappa shape index (κ2) is 8.63. The largest absolute Gasteiger partial charge is 0.506 e. The highest BCUT2D eigenvalue weighted by Gasteiger charge is 2.42. The van der Waals surface area contributed by atoms with Crippen LogP contribution in [0.25, 0.3) is 0 Å². The number of ether oxygens (including phenoxy) is 3. The summed E-state index contributed by atoms with van der Waals surface area (Å²) in [5.41, 5.74) is 3.21. The van der Waals surface area contributed by atoms with Crippen LogP contribution in [0.3, 0.4) is 0 Å². The number of rotatable bonds is 4. The van der Waals surface area contributed by atoms with Crippen LogP contribution in [0.1, 0.15) is 35.4 Å². The van der Waals surface area contributed by atoms with Crippen molar-refractivity contribution < 1.29 is 19.3 Å². The summed E-state index contributed by atoms with van der Waals surface area (Å²) in [7, 11) is 3.20. The maximum Gasteiger partial charge on any atom is 0.217 e. The number of phenolic OH excluding ortho intramolecular Hbond substituents is 1. The molecule has 2 aliphatic heterocycles. The summed E-state index contributed by atoms with van der Waals surface area (Å²) in [5, 5.41) is 18.0. The quantitative estimate of drug-likeness (QED) is 0.391. The summed E-state index contributed by atoms with van der Waals surface area (Å²) < 4.78 is 18.1. The van der Waals surface area contributed by atoms with Crippen molar-refractivity contribution >= 4 is 44.8 Å². The molecule has 0 bridgehead atoms. The first-order valence-electron chi connectivity index (χ1n) is 10.1. The molecule has 0 saturated heterocycles. The summed E-state index contributed by atoms with van der Waals surface area (Å²) in [6.45, 7) is 0. The number of fused-ring (bicyclic) bond motifs is 3. The molecular formula is C24H19BrCl2N2O4. The number of methoxy groups -OCH3 is 2. The van der Waals surface area contributed by atoms with Crippen LogP contribution in [0.2, 0.25) is 10.0 Å². The number of halogens is 3. The van der Waals surface area contributed by atoms with Gasteiger partial charge in [-0.3, -0.25) is 0 Å². The van der Waals surface area contributed by atoms with E-state index in [-0.39, 0.29) is 16.8 Å². The highest BCUT2D eigenvalue weighted by molar-refractivity contribution is 9.10. The second-order valence-corrected chi connectivity index (χ2v) is 9.45. The van der Waals surface area contributed by atoms with Gasteiger partial charge in [-0.25, -0.2) is 5.01 Å². The molecule has 0 saturated carbocycles. The summed E-state index contributed by atoms with van der Waals surface area (Å²) in [6, 6.07) is 14.6. The number of nitrogens with zero attached hydrogens (tertiary/aromatic N) is 2. The van der Waals surface area contributed by atoms with Gasteiger partial charge < -0.3 is 19.3 Å². The molecule has 9 heteroatoms. The van der Waals surface area contributed by atoms with Gasteiger partial charge in [0.2, 0.25) is 6.23 Å². The van der Waals surface area contributed by atoms with Gasteiger partial charge in [0, 0.05) is 27.0 Å². The first kappa shape index (κ1) is 22.2. The molecular weight excluding hydrogens is 531 g/mol. The van der Waals surface area contributed by atoms with Crippen molar-refractivity contribution in [2.45, 2.75) is 18.7 Å². The van der Waals surface area contributed by atoms with E-state index in [1.807, 2.05) is 41.4 Å². The smallest absolute Gasteiger partial charge is 0.217 e. The minimum absolute atomic E-state index is 0.0832. The zero-order valence-corrected chi connectivity index (χ0v) is 20.8. The van der Waals surface area contributed by atoms with Crippen LogP contribution in [0.15, 0.2) is 58.1 Å². The molecule has 2 aliphatic rings. The van der Waals surface area contributed by atoms with Gasteiger partial charge in [0.25, 0.3) is 0 Å². The van der Waals surface area contributed by atoms with Crippen LogP contribution in [0.4, 0.5) is 0 Å². The summed E-state index contributed by atoms with van der Waals surface area (Å²) in [4.78, 5) is 0. The predicted molar refractivity (Wildman–Crippen MR) is 131 cm³/mol. The van der Waals surface area contributed by atoms with E-state index in [4.69, 9.17) is 42.5 Å². The van der Waals surface area contributed by atoms with Crippen molar-refractivity contribution in [3.8, 4) is 23.0 Å². The SMILES string of the molecule is COc1ccc(C2=NN3[C@@H](c4cc(Cl)cc(Cl)c4O)Oc4ccc(Br)cc4[C@@H]3C2)cc1OC. The first-order valence-corrected chi connectivity index (χ1v) is 11.7. The Morgan fingerprint density at radius 2 is 1.82 bits per heavy atom. The van der Waals surface area contributed by atoms with Gasteiger partial charge in [-0.2, -0.15) is 5.10 Å². The van der Waals surface area contributed by atoms with Crippen LogP contribution in [0, 0.1) is 0 Å².